The standard InChI is InChI=1S/C15H21BrN4/c1-5-17-14(13-11(4)7-6-8-18-13)15-12(16)9-19-20(15)10(2)3/h6-10,14,17H,5H2,1-4H3. The molecule has 0 amide bonds. The number of halogens is 1. The lowest BCUT2D eigenvalue weighted by molar-refractivity contribution is 0.471. The smallest absolute Gasteiger partial charge is 0.0936 e. The lowest BCUT2D eigenvalue weighted by atomic mass is 10.0. The van der Waals surface area contributed by atoms with Crippen LogP contribution in [0.3, 0.4) is 0 Å². The molecule has 2 heterocycles. The van der Waals surface area contributed by atoms with E-state index in [1.807, 2.05) is 23.1 Å². The predicted octanol–water partition coefficient (Wildman–Crippen LogP) is 3.63. The second-order valence-corrected chi connectivity index (χ2v) is 5.97. The third-order valence-corrected chi connectivity index (χ3v) is 3.89. The molecule has 0 fully saturated rings. The Labute approximate surface area is 128 Å². The van der Waals surface area contributed by atoms with Crippen LogP contribution in [-0.2, 0) is 0 Å². The maximum atomic E-state index is 4.57. The molecular formula is C15H21BrN4. The molecule has 5 heteroatoms. The summed E-state index contributed by atoms with van der Waals surface area (Å²) in [6.45, 7) is 9.34. The van der Waals surface area contributed by atoms with E-state index in [0.717, 1.165) is 22.4 Å². The SMILES string of the molecule is CCNC(c1ncccc1C)c1c(Br)cnn1C(C)C. The van der Waals surface area contributed by atoms with Gasteiger partial charge in [0.25, 0.3) is 0 Å². The second kappa shape index (κ2) is 6.50. The van der Waals surface area contributed by atoms with E-state index in [-0.39, 0.29) is 6.04 Å². The summed E-state index contributed by atoms with van der Waals surface area (Å²) in [5.74, 6) is 0. The minimum Gasteiger partial charge on any atom is -0.304 e. The summed E-state index contributed by atoms with van der Waals surface area (Å²) in [6.07, 6.45) is 3.70. The highest BCUT2D eigenvalue weighted by Gasteiger charge is 2.24. The van der Waals surface area contributed by atoms with Gasteiger partial charge in [0, 0.05) is 12.2 Å². The van der Waals surface area contributed by atoms with Crippen LogP contribution >= 0.6 is 15.9 Å². The Bertz CT molecular complexity index is 577. The molecule has 0 aromatic carbocycles. The highest BCUT2D eigenvalue weighted by Crippen LogP contribution is 2.30. The zero-order valence-electron chi connectivity index (χ0n) is 12.4. The lowest BCUT2D eigenvalue weighted by Gasteiger charge is -2.22. The first kappa shape index (κ1) is 15.2. The van der Waals surface area contributed by atoms with Crippen LogP contribution < -0.4 is 5.32 Å². The van der Waals surface area contributed by atoms with Crippen LogP contribution in [0.25, 0.3) is 0 Å². The van der Waals surface area contributed by atoms with Crippen LogP contribution in [-0.4, -0.2) is 21.3 Å². The Kier molecular flexibility index (Phi) is 4.94. The third-order valence-electron chi connectivity index (χ3n) is 3.28. The van der Waals surface area contributed by atoms with Gasteiger partial charge in [-0.3, -0.25) is 9.67 Å². The molecule has 2 aromatic heterocycles. The quantitative estimate of drug-likeness (QED) is 0.906. The number of aryl methyl sites for hydroxylation is 1. The van der Waals surface area contributed by atoms with Crippen LogP contribution in [0.15, 0.2) is 29.0 Å². The molecule has 0 aliphatic carbocycles. The van der Waals surface area contributed by atoms with Crippen molar-refractivity contribution < 1.29 is 0 Å². The molecule has 2 rings (SSSR count). The largest absolute Gasteiger partial charge is 0.304 e. The Balaban J connectivity index is 2.55. The molecule has 0 saturated heterocycles. The van der Waals surface area contributed by atoms with Crippen molar-refractivity contribution in [2.45, 2.75) is 39.8 Å². The van der Waals surface area contributed by atoms with Gasteiger partial charge in [-0.05, 0) is 54.9 Å². The van der Waals surface area contributed by atoms with E-state index in [0.29, 0.717) is 6.04 Å². The average molecular weight is 337 g/mol. The van der Waals surface area contributed by atoms with Crippen LogP contribution in [0.2, 0.25) is 0 Å². The Morgan fingerprint density at radius 2 is 2.15 bits per heavy atom. The maximum absolute atomic E-state index is 4.57. The predicted molar refractivity (Wildman–Crippen MR) is 84.8 cm³/mol. The van der Waals surface area contributed by atoms with Crippen molar-refractivity contribution in [3.63, 3.8) is 0 Å². The number of rotatable bonds is 5. The number of aromatic nitrogens is 3. The van der Waals surface area contributed by atoms with E-state index >= 15 is 0 Å². The van der Waals surface area contributed by atoms with Crippen molar-refractivity contribution in [1.29, 1.82) is 0 Å². The summed E-state index contributed by atoms with van der Waals surface area (Å²) in [4.78, 5) is 4.57. The fourth-order valence-electron chi connectivity index (χ4n) is 2.36. The Hall–Kier alpha value is -1.20. The molecule has 0 spiro atoms. The number of pyridine rings is 1. The van der Waals surface area contributed by atoms with E-state index in [1.54, 1.807) is 0 Å². The average Bonchev–Trinajstić information content (AvgIpc) is 2.79. The van der Waals surface area contributed by atoms with E-state index < -0.39 is 0 Å². The molecule has 0 aliphatic rings. The molecule has 1 N–H and O–H groups in total. The van der Waals surface area contributed by atoms with Gasteiger partial charge in [0.15, 0.2) is 0 Å². The first-order chi connectivity index (χ1) is 9.56. The summed E-state index contributed by atoms with van der Waals surface area (Å²) in [7, 11) is 0. The van der Waals surface area contributed by atoms with Gasteiger partial charge in [-0.1, -0.05) is 13.0 Å². The van der Waals surface area contributed by atoms with Gasteiger partial charge in [0.2, 0.25) is 0 Å². The number of hydrogen-bond acceptors (Lipinski definition) is 3. The zero-order chi connectivity index (χ0) is 14.7. The van der Waals surface area contributed by atoms with Gasteiger partial charge in [0.05, 0.1) is 28.1 Å². The van der Waals surface area contributed by atoms with Crippen LogP contribution in [0.5, 0.6) is 0 Å². The summed E-state index contributed by atoms with van der Waals surface area (Å²) in [6, 6.07) is 4.41. The van der Waals surface area contributed by atoms with E-state index in [2.05, 4.69) is 65.1 Å². The molecule has 0 saturated carbocycles. The van der Waals surface area contributed by atoms with Gasteiger partial charge in [0.1, 0.15) is 0 Å². The van der Waals surface area contributed by atoms with Crippen molar-refractivity contribution in [2.24, 2.45) is 0 Å². The summed E-state index contributed by atoms with van der Waals surface area (Å²) >= 11 is 3.63. The molecule has 0 aliphatic heterocycles. The third kappa shape index (κ3) is 2.94. The second-order valence-electron chi connectivity index (χ2n) is 5.11. The van der Waals surface area contributed by atoms with E-state index in [9.17, 15) is 0 Å². The van der Waals surface area contributed by atoms with E-state index in [4.69, 9.17) is 0 Å². The Morgan fingerprint density at radius 3 is 2.75 bits per heavy atom. The van der Waals surface area contributed by atoms with Crippen molar-refractivity contribution in [3.8, 4) is 0 Å². The molecule has 20 heavy (non-hydrogen) atoms. The van der Waals surface area contributed by atoms with Gasteiger partial charge >= 0.3 is 0 Å². The number of hydrogen-bond donors (Lipinski definition) is 1. The number of nitrogens with zero attached hydrogens (tertiary/aromatic N) is 3. The summed E-state index contributed by atoms with van der Waals surface area (Å²) in [5.41, 5.74) is 3.36. The van der Waals surface area contributed by atoms with Gasteiger partial charge in [-0.2, -0.15) is 5.10 Å². The number of nitrogens with one attached hydrogen (secondary N) is 1. The highest BCUT2D eigenvalue weighted by molar-refractivity contribution is 9.10. The Morgan fingerprint density at radius 1 is 1.40 bits per heavy atom. The van der Waals surface area contributed by atoms with Crippen LogP contribution in [0.1, 0.15) is 49.8 Å². The van der Waals surface area contributed by atoms with E-state index in [1.165, 1.54) is 5.56 Å². The monoisotopic (exact) mass is 336 g/mol. The maximum Gasteiger partial charge on any atom is 0.0936 e. The van der Waals surface area contributed by atoms with Crippen LogP contribution in [0.4, 0.5) is 0 Å². The van der Waals surface area contributed by atoms with Crippen molar-refractivity contribution in [2.75, 3.05) is 6.54 Å². The highest BCUT2D eigenvalue weighted by atomic mass is 79.9. The van der Waals surface area contributed by atoms with Crippen LogP contribution in [0, 0.1) is 6.92 Å². The topological polar surface area (TPSA) is 42.7 Å². The first-order valence-corrected chi connectivity index (χ1v) is 7.73. The lowest BCUT2D eigenvalue weighted by Crippen LogP contribution is -2.27. The molecule has 4 nitrogen and oxygen atoms in total. The van der Waals surface area contributed by atoms with Crippen molar-refractivity contribution >= 4 is 15.9 Å². The molecule has 2 aromatic rings. The molecule has 108 valence electrons. The van der Waals surface area contributed by atoms with Gasteiger partial charge in [-0.25, -0.2) is 0 Å². The normalized spacial score (nSPS) is 12.9. The zero-order valence-corrected chi connectivity index (χ0v) is 14.0. The molecule has 1 atom stereocenters. The minimum atomic E-state index is 0.0421. The first-order valence-electron chi connectivity index (χ1n) is 6.94. The van der Waals surface area contributed by atoms with Crippen molar-refractivity contribution in [1.82, 2.24) is 20.1 Å². The fourth-order valence-corrected chi connectivity index (χ4v) is 2.86. The van der Waals surface area contributed by atoms with Crippen molar-refractivity contribution in [3.05, 3.63) is 46.0 Å². The molecule has 1 unspecified atom stereocenters. The molecule has 0 bridgehead atoms. The molecular weight excluding hydrogens is 316 g/mol. The van der Waals surface area contributed by atoms with Gasteiger partial charge in [-0.15, -0.1) is 0 Å². The molecule has 0 radical (unpaired) electrons. The van der Waals surface area contributed by atoms with Gasteiger partial charge < -0.3 is 5.32 Å². The summed E-state index contributed by atoms with van der Waals surface area (Å²) in [5, 5.41) is 8.00. The fraction of sp³-hybridized carbons (Fsp3) is 0.467. The minimum absolute atomic E-state index is 0.0421. The summed E-state index contributed by atoms with van der Waals surface area (Å²) < 4.78 is 3.06.